The van der Waals surface area contributed by atoms with Crippen molar-refractivity contribution in [1.82, 2.24) is 15.1 Å². The van der Waals surface area contributed by atoms with Crippen LogP contribution in [0.4, 0.5) is 22.0 Å². The second kappa shape index (κ2) is 17.8. The Kier molecular flexibility index (Phi) is 14.1. The van der Waals surface area contributed by atoms with Crippen LogP contribution in [0.3, 0.4) is 0 Å². The van der Waals surface area contributed by atoms with Gasteiger partial charge in [0.15, 0.2) is 0 Å². The molecule has 4 aliphatic rings. The number of nitrogens with zero attached hydrogens (tertiary/aromatic N) is 3. The highest BCUT2D eigenvalue weighted by Gasteiger charge is 2.46. The second-order valence-electron chi connectivity index (χ2n) is 14.3. The van der Waals surface area contributed by atoms with E-state index in [0.717, 1.165) is 80.0 Å². The molecule has 5 rings (SSSR count). The molecule has 0 radical (unpaired) electrons. The summed E-state index contributed by atoms with van der Waals surface area (Å²) in [7, 11) is 0. The lowest BCUT2D eigenvalue weighted by molar-refractivity contribution is -0.0975. The van der Waals surface area contributed by atoms with Crippen LogP contribution in [0.1, 0.15) is 116 Å². The quantitative estimate of drug-likeness (QED) is 0.218. The lowest BCUT2D eigenvalue weighted by atomic mass is 9.84. The summed E-state index contributed by atoms with van der Waals surface area (Å²) < 4.78 is 76.3. The molecule has 6 bridgehead atoms. The summed E-state index contributed by atoms with van der Waals surface area (Å²) in [6.07, 6.45) is 8.28. The van der Waals surface area contributed by atoms with Gasteiger partial charge in [-0.05, 0) is 83.0 Å². The minimum atomic E-state index is -3.43. The van der Waals surface area contributed by atoms with Gasteiger partial charge in [0.2, 0.25) is 0 Å². The minimum Gasteiger partial charge on any atom is -0.381 e. The molecule has 49 heavy (non-hydrogen) atoms. The van der Waals surface area contributed by atoms with Crippen LogP contribution in [-0.4, -0.2) is 47.6 Å². The van der Waals surface area contributed by atoms with Gasteiger partial charge in [-0.1, -0.05) is 83.7 Å². The van der Waals surface area contributed by atoms with Crippen LogP contribution in [0.15, 0.2) is 70.8 Å². The molecule has 4 nitrogen and oxygen atoms in total. The van der Waals surface area contributed by atoms with Crippen molar-refractivity contribution < 1.29 is 22.0 Å². The molecular weight excluding hydrogens is 631 g/mol. The monoisotopic (exact) mass is 688 g/mol. The van der Waals surface area contributed by atoms with Crippen molar-refractivity contribution in [3.05, 3.63) is 82.7 Å². The van der Waals surface area contributed by atoms with Crippen molar-refractivity contribution in [3.8, 4) is 0 Å². The number of benzene rings is 1. The number of hydrogen-bond acceptors (Lipinski definition) is 4. The van der Waals surface area contributed by atoms with E-state index in [2.05, 4.69) is 43.3 Å². The standard InChI is InChI=1S/C40H57F5N4/c1-7-9-16-30(15-8-2)34-25-33-28(5)46-26-31-17-14-18-35(37(31)41)40(44,45)32-20-23-48(24-21-32)36(38(42)43)19-12-10-11-13-22-49(29(34)6)39(33)47-27(3)4/h14,17-18,25,30,32,36,38,46H,5-13,15-16,19-24,26H2,1-4H3. The van der Waals surface area contributed by atoms with Crippen LogP contribution in [0.2, 0.25) is 0 Å². The average molecular weight is 689 g/mol. The van der Waals surface area contributed by atoms with Crippen LogP contribution in [0, 0.1) is 17.7 Å². The van der Waals surface area contributed by atoms with E-state index in [-0.39, 0.29) is 38.0 Å². The Morgan fingerprint density at radius 3 is 2.35 bits per heavy atom. The van der Waals surface area contributed by atoms with E-state index in [1.807, 2.05) is 13.8 Å². The van der Waals surface area contributed by atoms with Crippen molar-refractivity contribution in [2.75, 3.05) is 19.6 Å². The molecule has 1 aromatic rings. The molecule has 0 saturated carbocycles. The summed E-state index contributed by atoms with van der Waals surface area (Å²) >= 11 is 0. The maximum absolute atomic E-state index is 15.9. The zero-order valence-corrected chi connectivity index (χ0v) is 30.1. The summed E-state index contributed by atoms with van der Waals surface area (Å²) in [6, 6.07) is 3.17. The third-order valence-electron chi connectivity index (χ3n) is 10.5. The Bertz CT molecular complexity index is 1380. The third kappa shape index (κ3) is 9.44. The molecule has 0 aliphatic carbocycles. The van der Waals surface area contributed by atoms with Crippen LogP contribution >= 0.6 is 0 Å². The maximum atomic E-state index is 15.9. The number of hydrogen-bond donors (Lipinski definition) is 1. The SMILES string of the molecule is C=C1NCc2cccc(c2F)C(F)(F)C2CCN(CC2)C(C(F)F)CCCCCCN2C(=C)C(C(CCC)CCCC)=CC1=C2N=C(C)C. The van der Waals surface area contributed by atoms with Gasteiger partial charge in [-0.15, -0.1) is 0 Å². The van der Waals surface area contributed by atoms with Crippen LogP contribution in [0.25, 0.3) is 0 Å². The fourth-order valence-corrected chi connectivity index (χ4v) is 7.66. The molecule has 0 spiro atoms. The van der Waals surface area contributed by atoms with Crippen LogP contribution in [-0.2, 0) is 12.5 Å². The Hall–Kier alpha value is -2.94. The van der Waals surface area contributed by atoms with E-state index < -0.39 is 35.7 Å². The molecule has 2 atom stereocenters. The van der Waals surface area contributed by atoms with Crippen molar-refractivity contribution in [2.24, 2.45) is 16.8 Å². The van der Waals surface area contributed by atoms with E-state index in [4.69, 9.17) is 4.99 Å². The Morgan fingerprint density at radius 1 is 0.980 bits per heavy atom. The number of piperidine rings is 1. The van der Waals surface area contributed by atoms with Gasteiger partial charge in [0, 0.05) is 47.2 Å². The van der Waals surface area contributed by atoms with Gasteiger partial charge in [0.25, 0.3) is 12.3 Å². The first-order valence-electron chi connectivity index (χ1n) is 18.5. The molecule has 272 valence electrons. The number of rotatable bonds is 8. The highest BCUT2D eigenvalue weighted by Crippen LogP contribution is 2.44. The first-order valence-corrected chi connectivity index (χ1v) is 18.5. The second-order valence-corrected chi connectivity index (χ2v) is 14.3. The maximum Gasteiger partial charge on any atom is 0.278 e. The minimum absolute atomic E-state index is 0.0347. The summed E-state index contributed by atoms with van der Waals surface area (Å²) in [4.78, 5) is 8.79. The van der Waals surface area contributed by atoms with Crippen LogP contribution < -0.4 is 5.32 Å². The molecule has 0 amide bonds. The average Bonchev–Trinajstić information content (AvgIpc) is 3.06. The number of aliphatic imine (C=N–C) groups is 1. The van der Waals surface area contributed by atoms with E-state index >= 15 is 13.2 Å². The normalized spacial score (nSPS) is 24.7. The molecule has 0 aromatic heterocycles. The Balaban J connectivity index is 1.76. The van der Waals surface area contributed by atoms with Gasteiger partial charge in [0.1, 0.15) is 11.6 Å². The van der Waals surface area contributed by atoms with Crippen molar-refractivity contribution >= 4 is 5.71 Å². The Labute approximate surface area is 291 Å². The molecule has 4 heterocycles. The zero-order chi connectivity index (χ0) is 35.7. The highest BCUT2D eigenvalue weighted by molar-refractivity contribution is 5.80. The first-order chi connectivity index (χ1) is 23.4. The number of unbranched alkanes of at least 4 members (excludes halogenated alkanes) is 1. The topological polar surface area (TPSA) is 30.9 Å². The summed E-state index contributed by atoms with van der Waals surface area (Å²) in [6.45, 7) is 18.1. The molecular formula is C40H57F5N4. The lowest BCUT2D eigenvalue weighted by Gasteiger charge is -2.39. The van der Waals surface area contributed by atoms with Crippen LogP contribution in [0.5, 0.6) is 0 Å². The molecule has 1 N–H and O–H groups in total. The number of halogens is 5. The lowest BCUT2D eigenvalue weighted by Crippen LogP contribution is -2.47. The van der Waals surface area contributed by atoms with Gasteiger partial charge in [-0.2, -0.15) is 0 Å². The summed E-state index contributed by atoms with van der Waals surface area (Å²) in [5, 5.41) is 3.26. The molecule has 1 fully saturated rings. The van der Waals surface area contributed by atoms with Crippen molar-refractivity contribution in [1.29, 1.82) is 0 Å². The smallest absolute Gasteiger partial charge is 0.278 e. The predicted molar refractivity (Wildman–Crippen MR) is 191 cm³/mol. The van der Waals surface area contributed by atoms with Gasteiger partial charge >= 0.3 is 0 Å². The molecule has 1 saturated heterocycles. The van der Waals surface area contributed by atoms with Crippen molar-refractivity contribution in [2.45, 2.75) is 130 Å². The predicted octanol–water partition coefficient (Wildman–Crippen LogP) is 10.9. The largest absolute Gasteiger partial charge is 0.381 e. The molecule has 2 unspecified atom stereocenters. The summed E-state index contributed by atoms with van der Waals surface area (Å²) in [5.41, 5.74) is 3.68. The number of fused-ring (bicyclic) bond motifs is 10. The Morgan fingerprint density at radius 2 is 1.69 bits per heavy atom. The van der Waals surface area contributed by atoms with Gasteiger partial charge in [-0.25, -0.2) is 26.9 Å². The van der Waals surface area contributed by atoms with Gasteiger partial charge < -0.3 is 10.2 Å². The van der Waals surface area contributed by atoms with Crippen molar-refractivity contribution in [3.63, 3.8) is 0 Å². The van der Waals surface area contributed by atoms with Gasteiger partial charge in [-0.3, -0.25) is 4.90 Å². The van der Waals surface area contributed by atoms with E-state index in [0.29, 0.717) is 36.8 Å². The zero-order valence-electron chi connectivity index (χ0n) is 30.1. The third-order valence-corrected chi connectivity index (χ3v) is 10.5. The molecule has 9 heteroatoms. The van der Waals surface area contributed by atoms with E-state index in [1.165, 1.54) is 12.1 Å². The summed E-state index contributed by atoms with van der Waals surface area (Å²) in [5.74, 6) is -4.51. The first kappa shape index (κ1) is 38.9. The van der Waals surface area contributed by atoms with E-state index in [1.54, 1.807) is 4.90 Å². The van der Waals surface area contributed by atoms with Gasteiger partial charge in [0.05, 0.1) is 11.6 Å². The van der Waals surface area contributed by atoms with E-state index in [9.17, 15) is 8.78 Å². The number of nitrogens with one attached hydrogen (secondary N) is 1. The number of alkyl halides is 4. The fraction of sp³-hybridized carbons (Fsp3) is 0.625. The molecule has 1 aromatic carbocycles. The number of allylic oxidation sites excluding steroid dienone is 2. The molecule has 4 aliphatic heterocycles. The fourth-order valence-electron chi connectivity index (χ4n) is 7.66. The highest BCUT2D eigenvalue weighted by atomic mass is 19.3.